The third-order valence-electron chi connectivity index (χ3n) is 4.91. The van der Waals surface area contributed by atoms with Gasteiger partial charge in [0.25, 0.3) is 11.8 Å². The SMILES string of the molecule is O=C1C(c2ccccc2)=C(N2CCCC2)C(=O)N1Cc1ccccc1Cl. The Labute approximate surface area is 157 Å². The van der Waals surface area contributed by atoms with E-state index in [1.54, 1.807) is 6.07 Å². The first-order valence-corrected chi connectivity index (χ1v) is 9.19. The summed E-state index contributed by atoms with van der Waals surface area (Å²) in [5.41, 5.74) is 2.59. The molecule has 0 atom stereocenters. The zero-order valence-corrected chi connectivity index (χ0v) is 15.1. The molecular formula is C21H19ClN2O2. The molecule has 0 radical (unpaired) electrons. The van der Waals surface area contributed by atoms with Gasteiger partial charge in [0.1, 0.15) is 5.70 Å². The van der Waals surface area contributed by atoms with E-state index < -0.39 is 0 Å². The van der Waals surface area contributed by atoms with Crippen LogP contribution < -0.4 is 0 Å². The van der Waals surface area contributed by atoms with Gasteiger partial charge in [0.15, 0.2) is 0 Å². The summed E-state index contributed by atoms with van der Waals surface area (Å²) in [6, 6.07) is 16.8. The van der Waals surface area contributed by atoms with Gasteiger partial charge < -0.3 is 4.90 Å². The van der Waals surface area contributed by atoms with Gasteiger partial charge in [0.05, 0.1) is 12.1 Å². The summed E-state index contributed by atoms with van der Waals surface area (Å²) in [5.74, 6) is -0.473. The third-order valence-corrected chi connectivity index (χ3v) is 5.28. The van der Waals surface area contributed by atoms with Crippen LogP contribution >= 0.6 is 11.6 Å². The monoisotopic (exact) mass is 366 g/mol. The van der Waals surface area contributed by atoms with Gasteiger partial charge in [-0.05, 0) is 30.0 Å². The van der Waals surface area contributed by atoms with Crippen molar-refractivity contribution in [2.24, 2.45) is 0 Å². The Morgan fingerprint density at radius 3 is 2.19 bits per heavy atom. The van der Waals surface area contributed by atoms with E-state index in [2.05, 4.69) is 4.90 Å². The highest BCUT2D eigenvalue weighted by Crippen LogP contribution is 2.34. The molecule has 2 aromatic carbocycles. The third kappa shape index (κ3) is 2.90. The van der Waals surface area contributed by atoms with Crippen LogP contribution in [0.2, 0.25) is 5.02 Å². The molecule has 2 heterocycles. The highest BCUT2D eigenvalue weighted by Gasteiger charge is 2.42. The first kappa shape index (κ1) is 16.9. The Morgan fingerprint density at radius 1 is 0.846 bits per heavy atom. The predicted octanol–water partition coefficient (Wildman–Crippen LogP) is 3.72. The smallest absolute Gasteiger partial charge is 0.278 e. The molecule has 0 spiro atoms. The standard InChI is InChI=1S/C21H19ClN2O2/c22-17-11-5-4-10-16(17)14-24-20(25)18(15-8-2-1-3-9-15)19(21(24)26)23-12-6-7-13-23/h1-5,8-11H,6-7,12-14H2. The van der Waals surface area contributed by atoms with E-state index in [0.29, 0.717) is 16.3 Å². The number of carbonyl (C=O) groups is 2. The van der Waals surface area contributed by atoms with E-state index in [9.17, 15) is 9.59 Å². The van der Waals surface area contributed by atoms with Crippen molar-refractivity contribution >= 4 is 29.0 Å². The van der Waals surface area contributed by atoms with Crippen molar-refractivity contribution in [2.45, 2.75) is 19.4 Å². The number of halogens is 1. The number of rotatable bonds is 4. The Morgan fingerprint density at radius 2 is 1.50 bits per heavy atom. The lowest BCUT2D eigenvalue weighted by Crippen LogP contribution is -2.34. The quantitative estimate of drug-likeness (QED) is 0.774. The number of likely N-dealkylation sites (tertiary alicyclic amines) is 1. The molecule has 0 unspecified atom stereocenters. The Bertz CT molecular complexity index is 886. The summed E-state index contributed by atoms with van der Waals surface area (Å²) in [4.78, 5) is 29.7. The van der Waals surface area contributed by atoms with Crippen LogP contribution in [0.1, 0.15) is 24.0 Å². The maximum Gasteiger partial charge on any atom is 0.278 e. The van der Waals surface area contributed by atoms with Crippen LogP contribution in [-0.4, -0.2) is 34.7 Å². The van der Waals surface area contributed by atoms with Crippen molar-refractivity contribution in [2.75, 3.05) is 13.1 Å². The maximum atomic E-state index is 13.2. The molecule has 2 aliphatic rings. The van der Waals surface area contributed by atoms with Crippen LogP contribution in [0.15, 0.2) is 60.3 Å². The predicted molar refractivity (Wildman–Crippen MR) is 101 cm³/mol. The number of hydrogen-bond acceptors (Lipinski definition) is 3. The number of carbonyl (C=O) groups excluding carboxylic acids is 2. The van der Waals surface area contributed by atoms with E-state index in [0.717, 1.165) is 37.1 Å². The largest absolute Gasteiger partial charge is 0.366 e. The van der Waals surface area contributed by atoms with Crippen LogP contribution in [0, 0.1) is 0 Å². The van der Waals surface area contributed by atoms with Crippen molar-refractivity contribution in [3.63, 3.8) is 0 Å². The van der Waals surface area contributed by atoms with E-state index in [1.165, 1.54) is 4.90 Å². The first-order chi connectivity index (χ1) is 12.7. The molecule has 2 amide bonds. The molecule has 4 rings (SSSR count). The number of amides is 2. The molecule has 0 bridgehead atoms. The fourth-order valence-corrected chi connectivity index (χ4v) is 3.80. The van der Waals surface area contributed by atoms with Crippen molar-refractivity contribution < 1.29 is 9.59 Å². The van der Waals surface area contributed by atoms with Crippen molar-refractivity contribution in [3.8, 4) is 0 Å². The van der Waals surface area contributed by atoms with Crippen molar-refractivity contribution in [1.82, 2.24) is 9.80 Å². The second-order valence-electron chi connectivity index (χ2n) is 6.57. The summed E-state index contributed by atoms with van der Waals surface area (Å²) < 4.78 is 0. The van der Waals surface area contributed by atoms with Crippen molar-refractivity contribution in [1.29, 1.82) is 0 Å². The molecule has 2 aromatic rings. The summed E-state index contributed by atoms with van der Waals surface area (Å²) in [6.07, 6.45) is 2.08. The Kier molecular flexibility index (Phi) is 4.51. The van der Waals surface area contributed by atoms with Crippen LogP contribution in [-0.2, 0) is 16.1 Å². The van der Waals surface area contributed by atoms with E-state index in [-0.39, 0.29) is 18.4 Å². The summed E-state index contributed by atoms with van der Waals surface area (Å²) >= 11 is 6.24. The number of nitrogens with zero attached hydrogens (tertiary/aromatic N) is 2. The average Bonchev–Trinajstić information content (AvgIpc) is 3.26. The van der Waals surface area contributed by atoms with Gasteiger partial charge in [-0.2, -0.15) is 0 Å². The van der Waals surface area contributed by atoms with Crippen LogP contribution in [0.3, 0.4) is 0 Å². The molecule has 0 aliphatic carbocycles. The van der Waals surface area contributed by atoms with Crippen LogP contribution in [0.25, 0.3) is 5.57 Å². The number of benzene rings is 2. The van der Waals surface area contributed by atoms with Gasteiger partial charge in [-0.25, -0.2) is 0 Å². The van der Waals surface area contributed by atoms with Gasteiger partial charge in [-0.1, -0.05) is 60.1 Å². The van der Waals surface area contributed by atoms with Crippen LogP contribution in [0.4, 0.5) is 0 Å². The molecular weight excluding hydrogens is 348 g/mol. The van der Waals surface area contributed by atoms with E-state index in [1.807, 2.05) is 48.5 Å². The molecule has 26 heavy (non-hydrogen) atoms. The van der Waals surface area contributed by atoms with E-state index in [4.69, 9.17) is 11.6 Å². The Balaban J connectivity index is 1.74. The molecule has 5 heteroatoms. The second kappa shape index (κ2) is 6.96. The molecule has 132 valence electrons. The highest BCUT2D eigenvalue weighted by atomic mass is 35.5. The fourth-order valence-electron chi connectivity index (χ4n) is 3.60. The zero-order chi connectivity index (χ0) is 18.1. The normalized spacial score (nSPS) is 17.6. The maximum absolute atomic E-state index is 13.2. The minimum atomic E-state index is -0.247. The minimum Gasteiger partial charge on any atom is -0.366 e. The molecule has 1 saturated heterocycles. The lowest BCUT2D eigenvalue weighted by molar-refractivity contribution is -0.138. The van der Waals surface area contributed by atoms with Gasteiger partial charge in [0.2, 0.25) is 0 Å². The second-order valence-corrected chi connectivity index (χ2v) is 6.98. The molecule has 0 aromatic heterocycles. The molecule has 1 fully saturated rings. The summed E-state index contributed by atoms with van der Waals surface area (Å²) in [5, 5.41) is 0.559. The minimum absolute atomic E-state index is 0.186. The highest BCUT2D eigenvalue weighted by molar-refractivity contribution is 6.35. The zero-order valence-electron chi connectivity index (χ0n) is 14.3. The average molecular weight is 367 g/mol. The molecule has 2 aliphatic heterocycles. The first-order valence-electron chi connectivity index (χ1n) is 8.81. The van der Waals surface area contributed by atoms with Crippen LogP contribution in [0.5, 0.6) is 0 Å². The van der Waals surface area contributed by atoms with E-state index >= 15 is 0 Å². The van der Waals surface area contributed by atoms with Gasteiger partial charge in [-0.15, -0.1) is 0 Å². The lowest BCUT2D eigenvalue weighted by atomic mass is 10.0. The summed E-state index contributed by atoms with van der Waals surface area (Å²) in [7, 11) is 0. The number of hydrogen-bond donors (Lipinski definition) is 0. The summed E-state index contributed by atoms with van der Waals surface area (Å²) in [6.45, 7) is 1.81. The Hall–Kier alpha value is -2.59. The molecule has 0 N–H and O–H groups in total. The lowest BCUT2D eigenvalue weighted by Gasteiger charge is -2.20. The number of imide groups is 1. The van der Waals surface area contributed by atoms with Gasteiger partial charge in [0, 0.05) is 18.1 Å². The topological polar surface area (TPSA) is 40.6 Å². The molecule has 0 saturated carbocycles. The molecule has 4 nitrogen and oxygen atoms in total. The fraction of sp³-hybridized carbons (Fsp3) is 0.238. The van der Waals surface area contributed by atoms with Gasteiger partial charge in [-0.3, -0.25) is 14.5 Å². The van der Waals surface area contributed by atoms with Crippen molar-refractivity contribution in [3.05, 3.63) is 76.4 Å². The van der Waals surface area contributed by atoms with Gasteiger partial charge >= 0.3 is 0 Å².